The molecular formula is C15H16N2O2. The maximum absolute atomic E-state index is 11.4. The third-order valence-electron chi connectivity index (χ3n) is 3.04. The number of benzene rings is 2. The van der Waals surface area contributed by atoms with Crippen LogP contribution >= 0.6 is 0 Å². The third-order valence-corrected chi connectivity index (χ3v) is 3.04. The minimum Gasteiger partial charge on any atom is -0.456 e. The van der Waals surface area contributed by atoms with Crippen LogP contribution in [0.2, 0.25) is 0 Å². The Bertz CT molecular complexity index is 636. The number of amides is 1. The maximum Gasteiger partial charge on any atom is 0.252 e. The standard InChI is InChI=1S/C15H16N2O2/c1-9-4-3-5-13(10(9)2)19-14-7-6-11(16)8-12(14)15(17)18/h3-8H,16H2,1-2H3,(H2,17,18). The fraction of sp³-hybridized carbons (Fsp3) is 0.133. The molecule has 0 atom stereocenters. The normalized spacial score (nSPS) is 10.2. The number of nitrogen functional groups attached to an aromatic ring is 1. The highest BCUT2D eigenvalue weighted by atomic mass is 16.5. The fourth-order valence-electron chi connectivity index (χ4n) is 1.78. The predicted molar refractivity (Wildman–Crippen MR) is 75.4 cm³/mol. The van der Waals surface area contributed by atoms with Gasteiger partial charge in [0, 0.05) is 5.69 Å². The molecule has 0 heterocycles. The Kier molecular flexibility index (Phi) is 3.42. The summed E-state index contributed by atoms with van der Waals surface area (Å²) in [6.45, 7) is 3.96. The third kappa shape index (κ3) is 2.68. The van der Waals surface area contributed by atoms with Crippen molar-refractivity contribution in [3.63, 3.8) is 0 Å². The van der Waals surface area contributed by atoms with E-state index in [9.17, 15) is 4.79 Å². The summed E-state index contributed by atoms with van der Waals surface area (Å²) in [6.07, 6.45) is 0. The molecule has 2 aromatic carbocycles. The van der Waals surface area contributed by atoms with Gasteiger partial charge in [0.2, 0.25) is 0 Å². The van der Waals surface area contributed by atoms with Crippen LogP contribution in [-0.2, 0) is 0 Å². The number of carbonyl (C=O) groups excluding carboxylic acids is 1. The lowest BCUT2D eigenvalue weighted by Gasteiger charge is -2.13. The van der Waals surface area contributed by atoms with E-state index in [4.69, 9.17) is 16.2 Å². The van der Waals surface area contributed by atoms with Gasteiger partial charge in [-0.1, -0.05) is 12.1 Å². The summed E-state index contributed by atoms with van der Waals surface area (Å²) in [5.41, 5.74) is 13.9. The first-order valence-corrected chi connectivity index (χ1v) is 5.92. The van der Waals surface area contributed by atoms with Crippen LogP contribution in [0, 0.1) is 13.8 Å². The van der Waals surface area contributed by atoms with E-state index < -0.39 is 5.91 Å². The SMILES string of the molecule is Cc1cccc(Oc2ccc(N)cc2C(N)=O)c1C. The Morgan fingerprint density at radius 1 is 1.11 bits per heavy atom. The van der Waals surface area contributed by atoms with Crippen LogP contribution in [0.3, 0.4) is 0 Å². The van der Waals surface area contributed by atoms with Crippen molar-refractivity contribution in [2.24, 2.45) is 5.73 Å². The summed E-state index contributed by atoms with van der Waals surface area (Å²) in [5.74, 6) is 0.551. The number of ether oxygens (including phenoxy) is 1. The molecule has 0 aliphatic carbocycles. The van der Waals surface area contributed by atoms with Gasteiger partial charge in [0.1, 0.15) is 11.5 Å². The predicted octanol–water partition coefficient (Wildman–Crippen LogP) is 2.78. The van der Waals surface area contributed by atoms with Crippen LogP contribution in [0.25, 0.3) is 0 Å². The molecule has 4 nitrogen and oxygen atoms in total. The van der Waals surface area contributed by atoms with Crippen LogP contribution in [0.5, 0.6) is 11.5 Å². The molecule has 19 heavy (non-hydrogen) atoms. The number of anilines is 1. The lowest BCUT2D eigenvalue weighted by molar-refractivity contribution is 0.0998. The van der Waals surface area contributed by atoms with E-state index in [-0.39, 0.29) is 5.56 Å². The Morgan fingerprint density at radius 3 is 2.53 bits per heavy atom. The number of hydrogen-bond donors (Lipinski definition) is 2. The molecule has 2 rings (SSSR count). The van der Waals surface area contributed by atoms with E-state index in [1.54, 1.807) is 12.1 Å². The smallest absolute Gasteiger partial charge is 0.252 e. The molecule has 1 amide bonds. The van der Waals surface area contributed by atoms with Crippen molar-refractivity contribution in [3.8, 4) is 11.5 Å². The van der Waals surface area contributed by atoms with Crippen LogP contribution < -0.4 is 16.2 Å². The minimum atomic E-state index is -0.562. The quantitative estimate of drug-likeness (QED) is 0.829. The van der Waals surface area contributed by atoms with Gasteiger partial charge in [0.25, 0.3) is 5.91 Å². The fourth-order valence-corrected chi connectivity index (χ4v) is 1.78. The number of nitrogens with two attached hydrogens (primary N) is 2. The minimum absolute atomic E-state index is 0.279. The van der Waals surface area contributed by atoms with Crippen molar-refractivity contribution >= 4 is 11.6 Å². The largest absolute Gasteiger partial charge is 0.456 e. The first-order valence-electron chi connectivity index (χ1n) is 5.92. The summed E-state index contributed by atoms with van der Waals surface area (Å²) >= 11 is 0. The summed E-state index contributed by atoms with van der Waals surface area (Å²) < 4.78 is 5.78. The number of aryl methyl sites for hydroxylation is 1. The highest BCUT2D eigenvalue weighted by Gasteiger charge is 2.12. The molecule has 4 N–H and O–H groups in total. The second-order valence-corrected chi connectivity index (χ2v) is 4.42. The Hall–Kier alpha value is -2.49. The number of rotatable bonds is 3. The van der Waals surface area contributed by atoms with E-state index in [0.29, 0.717) is 17.2 Å². The van der Waals surface area contributed by atoms with Gasteiger partial charge in [-0.25, -0.2) is 0 Å². The van der Waals surface area contributed by atoms with Gasteiger partial charge in [0.05, 0.1) is 5.56 Å². The zero-order valence-electron chi connectivity index (χ0n) is 10.9. The molecule has 0 saturated heterocycles. The van der Waals surface area contributed by atoms with Crippen molar-refractivity contribution in [3.05, 3.63) is 53.1 Å². The van der Waals surface area contributed by atoms with E-state index in [1.807, 2.05) is 32.0 Å². The van der Waals surface area contributed by atoms with Gasteiger partial charge in [0.15, 0.2) is 0 Å². The van der Waals surface area contributed by atoms with Crippen molar-refractivity contribution < 1.29 is 9.53 Å². The van der Waals surface area contributed by atoms with E-state index in [2.05, 4.69) is 0 Å². The Morgan fingerprint density at radius 2 is 1.84 bits per heavy atom. The molecule has 0 spiro atoms. The molecule has 98 valence electrons. The molecule has 4 heteroatoms. The molecule has 0 unspecified atom stereocenters. The zero-order valence-corrected chi connectivity index (χ0v) is 10.9. The maximum atomic E-state index is 11.4. The summed E-state index contributed by atoms with van der Waals surface area (Å²) in [6, 6.07) is 10.6. The monoisotopic (exact) mass is 256 g/mol. The second-order valence-electron chi connectivity index (χ2n) is 4.42. The molecule has 0 aliphatic heterocycles. The van der Waals surface area contributed by atoms with E-state index in [0.717, 1.165) is 11.1 Å². The van der Waals surface area contributed by atoms with Crippen LogP contribution in [0.4, 0.5) is 5.69 Å². The molecule has 0 aromatic heterocycles. The number of primary amides is 1. The van der Waals surface area contributed by atoms with Crippen LogP contribution in [0.15, 0.2) is 36.4 Å². The van der Waals surface area contributed by atoms with Gasteiger partial charge in [-0.2, -0.15) is 0 Å². The van der Waals surface area contributed by atoms with Gasteiger partial charge in [-0.15, -0.1) is 0 Å². The highest BCUT2D eigenvalue weighted by molar-refractivity contribution is 5.96. The average Bonchev–Trinajstić information content (AvgIpc) is 2.36. The lowest BCUT2D eigenvalue weighted by atomic mass is 10.1. The molecular weight excluding hydrogens is 240 g/mol. The van der Waals surface area contributed by atoms with Crippen molar-refractivity contribution in [1.29, 1.82) is 0 Å². The van der Waals surface area contributed by atoms with Crippen molar-refractivity contribution in [1.82, 2.24) is 0 Å². The van der Waals surface area contributed by atoms with E-state index in [1.165, 1.54) is 6.07 Å². The number of carbonyl (C=O) groups is 1. The van der Waals surface area contributed by atoms with Crippen LogP contribution in [0.1, 0.15) is 21.5 Å². The molecule has 0 bridgehead atoms. The highest BCUT2D eigenvalue weighted by Crippen LogP contribution is 2.30. The van der Waals surface area contributed by atoms with Gasteiger partial charge in [-0.05, 0) is 49.2 Å². The van der Waals surface area contributed by atoms with Crippen LogP contribution in [-0.4, -0.2) is 5.91 Å². The topological polar surface area (TPSA) is 78.3 Å². The van der Waals surface area contributed by atoms with Gasteiger partial charge >= 0.3 is 0 Å². The van der Waals surface area contributed by atoms with Crippen molar-refractivity contribution in [2.45, 2.75) is 13.8 Å². The lowest BCUT2D eigenvalue weighted by Crippen LogP contribution is -2.12. The summed E-state index contributed by atoms with van der Waals surface area (Å²) in [7, 11) is 0. The van der Waals surface area contributed by atoms with Gasteiger partial charge in [-0.3, -0.25) is 4.79 Å². The average molecular weight is 256 g/mol. The molecule has 0 radical (unpaired) electrons. The van der Waals surface area contributed by atoms with E-state index >= 15 is 0 Å². The Balaban J connectivity index is 2.44. The Labute approximate surface area is 112 Å². The van der Waals surface area contributed by atoms with Gasteiger partial charge < -0.3 is 16.2 Å². The van der Waals surface area contributed by atoms with Crippen molar-refractivity contribution in [2.75, 3.05) is 5.73 Å². The molecule has 2 aromatic rings. The molecule has 0 saturated carbocycles. The summed E-state index contributed by atoms with van der Waals surface area (Å²) in [5, 5.41) is 0. The zero-order chi connectivity index (χ0) is 14.0. The first-order chi connectivity index (χ1) is 8.99. The molecule has 0 fully saturated rings. The number of hydrogen-bond acceptors (Lipinski definition) is 3. The summed E-state index contributed by atoms with van der Waals surface area (Å²) in [4.78, 5) is 11.4. The molecule has 0 aliphatic rings. The first kappa shape index (κ1) is 13.0. The second kappa shape index (κ2) is 5.02.